The minimum atomic E-state index is 0.938. The molecule has 0 spiro atoms. The first-order valence-electron chi connectivity index (χ1n) is 11.3. The summed E-state index contributed by atoms with van der Waals surface area (Å²) in [7, 11) is 0. The maximum atomic E-state index is 4.76. The molecule has 4 aromatic carbocycles. The van der Waals surface area contributed by atoms with Crippen molar-refractivity contribution in [3.63, 3.8) is 0 Å². The lowest BCUT2D eigenvalue weighted by molar-refractivity contribution is 0.827. The van der Waals surface area contributed by atoms with Gasteiger partial charge in [0.25, 0.3) is 0 Å². The molecule has 1 aliphatic rings. The Morgan fingerprint density at radius 2 is 1.21 bits per heavy atom. The van der Waals surface area contributed by atoms with Gasteiger partial charge in [0.15, 0.2) is 0 Å². The van der Waals surface area contributed by atoms with E-state index >= 15 is 0 Å². The topological polar surface area (TPSA) is 30.7 Å². The third-order valence-electron chi connectivity index (χ3n) is 6.28. The van der Waals surface area contributed by atoms with Crippen molar-refractivity contribution in [2.75, 3.05) is 0 Å². The number of aromatic nitrogens is 3. The van der Waals surface area contributed by atoms with Gasteiger partial charge in [-0.1, -0.05) is 114 Å². The molecule has 0 fully saturated rings. The van der Waals surface area contributed by atoms with E-state index in [2.05, 4.69) is 103 Å². The first-order chi connectivity index (χ1) is 16.4. The van der Waals surface area contributed by atoms with Crippen LogP contribution in [0.25, 0.3) is 34.3 Å². The molecule has 0 amide bonds. The molecule has 6 rings (SSSR count). The fourth-order valence-corrected chi connectivity index (χ4v) is 4.66. The second-order valence-corrected chi connectivity index (χ2v) is 8.32. The molecule has 0 saturated carbocycles. The number of rotatable bonds is 3. The van der Waals surface area contributed by atoms with E-state index in [1.54, 1.807) is 0 Å². The van der Waals surface area contributed by atoms with E-state index in [0.29, 0.717) is 0 Å². The molecule has 0 bridgehead atoms. The van der Waals surface area contributed by atoms with Crippen LogP contribution in [0.3, 0.4) is 0 Å². The first kappa shape index (κ1) is 19.4. The van der Waals surface area contributed by atoms with Crippen molar-refractivity contribution in [3.05, 3.63) is 131 Å². The Hall–Kier alpha value is -4.24. The highest BCUT2D eigenvalue weighted by atomic mass is 15.4. The van der Waals surface area contributed by atoms with Gasteiger partial charge in [-0.05, 0) is 35.6 Å². The van der Waals surface area contributed by atoms with Crippen LogP contribution < -0.4 is 0 Å². The van der Waals surface area contributed by atoms with Gasteiger partial charge in [0.2, 0.25) is 0 Å². The number of hydrogen-bond donors (Lipinski definition) is 0. The average molecular weight is 426 g/mol. The monoisotopic (exact) mass is 425 g/mol. The van der Waals surface area contributed by atoms with Crippen LogP contribution in [0.4, 0.5) is 0 Å². The summed E-state index contributed by atoms with van der Waals surface area (Å²) in [5.41, 5.74) is 10.2. The van der Waals surface area contributed by atoms with Crippen molar-refractivity contribution in [2.45, 2.75) is 12.8 Å². The second kappa shape index (κ2) is 8.36. The van der Waals surface area contributed by atoms with Crippen LogP contribution in [0.1, 0.15) is 22.3 Å². The molecule has 158 valence electrons. The number of benzene rings is 4. The minimum absolute atomic E-state index is 0.938. The highest BCUT2D eigenvalue weighted by molar-refractivity contribution is 5.89. The second-order valence-electron chi connectivity index (χ2n) is 8.32. The molecule has 0 radical (unpaired) electrons. The Morgan fingerprint density at radius 1 is 0.636 bits per heavy atom. The minimum Gasteiger partial charge on any atom is -0.212 e. The lowest BCUT2D eigenvalue weighted by Crippen LogP contribution is -2.07. The lowest BCUT2D eigenvalue weighted by atomic mass is 9.89. The molecule has 1 heterocycles. The van der Waals surface area contributed by atoms with E-state index in [1.165, 1.54) is 22.3 Å². The summed E-state index contributed by atoms with van der Waals surface area (Å²) < 4.78 is 2.03. The quantitative estimate of drug-likeness (QED) is 0.299. The van der Waals surface area contributed by atoms with Crippen LogP contribution in [0.2, 0.25) is 0 Å². The van der Waals surface area contributed by atoms with Crippen LogP contribution in [-0.2, 0) is 12.8 Å². The summed E-state index contributed by atoms with van der Waals surface area (Å²) in [6.07, 6.45) is 4.17. The Bertz CT molecular complexity index is 1450. The molecule has 1 aromatic heterocycles. The van der Waals surface area contributed by atoms with Crippen molar-refractivity contribution < 1.29 is 0 Å². The third kappa shape index (κ3) is 3.58. The van der Waals surface area contributed by atoms with Gasteiger partial charge in [-0.25, -0.2) is 4.68 Å². The van der Waals surface area contributed by atoms with E-state index in [-0.39, 0.29) is 0 Å². The predicted octanol–water partition coefficient (Wildman–Crippen LogP) is 6.76. The third-order valence-corrected chi connectivity index (χ3v) is 6.28. The molecule has 0 saturated heterocycles. The van der Waals surface area contributed by atoms with E-state index in [0.717, 1.165) is 41.1 Å². The van der Waals surface area contributed by atoms with Crippen molar-refractivity contribution in [3.8, 4) is 22.5 Å². The van der Waals surface area contributed by atoms with Crippen LogP contribution in [-0.4, -0.2) is 15.0 Å². The van der Waals surface area contributed by atoms with Gasteiger partial charge >= 0.3 is 0 Å². The molecule has 3 nitrogen and oxygen atoms in total. The van der Waals surface area contributed by atoms with Crippen molar-refractivity contribution in [1.29, 1.82) is 0 Å². The maximum Gasteiger partial charge on any atom is 0.121 e. The standard InChI is InChI=1S/C30H23N3/c1-3-11-22(12-4-1)21-28(25-15-5-2-6-16-25)33-30-27-18-10-8-14-24(27)20-19-23-13-7-9-17-26(23)29(30)31-32-33/h1-18,21H,19-20H2/b28-21-. The largest absolute Gasteiger partial charge is 0.212 e. The van der Waals surface area contributed by atoms with Gasteiger partial charge in [0.05, 0.1) is 5.70 Å². The molecular weight excluding hydrogens is 402 g/mol. The summed E-state index contributed by atoms with van der Waals surface area (Å²) in [6, 6.07) is 38.1. The van der Waals surface area contributed by atoms with Gasteiger partial charge < -0.3 is 0 Å². The Balaban J connectivity index is 1.66. The maximum absolute atomic E-state index is 4.76. The summed E-state index contributed by atoms with van der Waals surface area (Å²) >= 11 is 0. The summed E-state index contributed by atoms with van der Waals surface area (Å²) in [6.45, 7) is 0. The van der Waals surface area contributed by atoms with Crippen LogP contribution >= 0.6 is 0 Å². The molecule has 0 atom stereocenters. The Kier molecular flexibility index (Phi) is 4.93. The number of hydrogen-bond acceptors (Lipinski definition) is 2. The summed E-state index contributed by atoms with van der Waals surface area (Å²) in [5, 5.41) is 9.51. The zero-order valence-corrected chi connectivity index (χ0v) is 18.2. The molecule has 0 unspecified atom stereocenters. The molecule has 1 aliphatic carbocycles. The number of fused-ring (bicyclic) bond motifs is 5. The van der Waals surface area contributed by atoms with Crippen molar-refractivity contribution in [2.24, 2.45) is 0 Å². The van der Waals surface area contributed by atoms with Gasteiger partial charge in [0.1, 0.15) is 11.4 Å². The van der Waals surface area contributed by atoms with Gasteiger partial charge in [-0.15, -0.1) is 5.10 Å². The van der Waals surface area contributed by atoms with E-state index in [9.17, 15) is 0 Å². The first-order valence-corrected chi connectivity index (χ1v) is 11.3. The molecule has 0 aliphatic heterocycles. The van der Waals surface area contributed by atoms with Crippen LogP contribution in [0, 0.1) is 0 Å². The van der Waals surface area contributed by atoms with Gasteiger partial charge in [0, 0.05) is 16.7 Å². The SMILES string of the molecule is C(=C(\c1ccccc1)n1nnc2c1-c1ccccc1CCc1ccccc1-2)/c1ccccc1. The molecule has 33 heavy (non-hydrogen) atoms. The Labute approximate surface area is 193 Å². The van der Waals surface area contributed by atoms with Gasteiger partial charge in [-0.2, -0.15) is 0 Å². The fourth-order valence-electron chi connectivity index (χ4n) is 4.66. The van der Waals surface area contributed by atoms with E-state index in [4.69, 9.17) is 10.3 Å². The van der Waals surface area contributed by atoms with Gasteiger partial charge in [-0.3, -0.25) is 0 Å². The van der Waals surface area contributed by atoms with E-state index < -0.39 is 0 Å². The van der Waals surface area contributed by atoms with Crippen LogP contribution in [0.15, 0.2) is 109 Å². The average Bonchev–Trinajstić information content (AvgIpc) is 3.30. The molecule has 3 heteroatoms. The molecular formula is C30H23N3. The molecule has 5 aromatic rings. The van der Waals surface area contributed by atoms with Crippen LogP contribution in [0.5, 0.6) is 0 Å². The highest BCUT2D eigenvalue weighted by Crippen LogP contribution is 2.39. The highest BCUT2D eigenvalue weighted by Gasteiger charge is 2.25. The number of aryl methyl sites for hydroxylation is 2. The summed E-state index contributed by atoms with van der Waals surface area (Å²) in [4.78, 5) is 0. The summed E-state index contributed by atoms with van der Waals surface area (Å²) in [5.74, 6) is 0. The van der Waals surface area contributed by atoms with Crippen molar-refractivity contribution >= 4 is 11.8 Å². The lowest BCUT2D eigenvalue weighted by Gasteiger charge is -2.19. The molecule has 0 N–H and O–H groups in total. The van der Waals surface area contributed by atoms with E-state index in [1.807, 2.05) is 16.8 Å². The fraction of sp³-hybridized carbons (Fsp3) is 0.0667. The normalized spacial score (nSPS) is 12.8. The Morgan fingerprint density at radius 3 is 1.94 bits per heavy atom. The zero-order chi connectivity index (χ0) is 22.0. The number of nitrogens with zero attached hydrogens (tertiary/aromatic N) is 3. The predicted molar refractivity (Wildman–Crippen MR) is 134 cm³/mol. The smallest absolute Gasteiger partial charge is 0.121 e. The zero-order valence-electron chi connectivity index (χ0n) is 18.2. The van der Waals surface area contributed by atoms with Crippen molar-refractivity contribution in [1.82, 2.24) is 15.0 Å².